The summed E-state index contributed by atoms with van der Waals surface area (Å²) in [4.78, 5) is 29.3. The lowest BCUT2D eigenvalue weighted by Crippen LogP contribution is -2.56. The van der Waals surface area contributed by atoms with Crippen molar-refractivity contribution in [1.82, 2.24) is 30.0 Å². The van der Waals surface area contributed by atoms with Crippen molar-refractivity contribution in [3.63, 3.8) is 0 Å². The Morgan fingerprint density at radius 1 is 1.12 bits per heavy atom. The molecule has 0 bridgehead atoms. The van der Waals surface area contributed by atoms with Gasteiger partial charge in [0.15, 0.2) is 0 Å². The lowest BCUT2D eigenvalue weighted by Gasteiger charge is -2.41. The second kappa shape index (κ2) is 8.82. The molecule has 0 radical (unpaired) electrons. The summed E-state index contributed by atoms with van der Waals surface area (Å²) in [5.41, 5.74) is 4.80. The van der Waals surface area contributed by atoms with Crippen molar-refractivity contribution in [1.29, 1.82) is 5.26 Å². The maximum absolute atomic E-state index is 12.9. The summed E-state index contributed by atoms with van der Waals surface area (Å²) in [6.45, 7) is 1.22. The van der Waals surface area contributed by atoms with Crippen LogP contribution in [0.5, 0.6) is 0 Å². The molecule has 1 saturated heterocycles. The number of rotatable bonds is 4. The number of nitrogens with zero attached hydrogens (tertiary/aromatic N) is 7. The molecule has 166 valence electrons. The Bertz CT molecular complexity index is 1210. The molecule has 1 atom stereocenters. The minimum atomic E-state index is -0.0452. The molecule has 1 aromatic heterocycles. The first-order valence-electron chi connectivity index (χ1n) is 11.0. The van der Waals surface area contributed by atoms with Gasteiger partial charge in [0, 0.05) is 19.1 Å². The van der Waals surface area contributed by atoms with Gasteiger partial charge in [0.25, 0.3) is 0 Å². The predicted octanol–water partition coefficient (Wildman–Crippen LogP) is 1.30. The van der Waals surface area contributed by atoms with Crippen molar-refractivity contribution in [3.05, 3.63) is 71.0 Å². The molecule has 33 heavy (non-hydrogen) atoms. The van der Waals surface area contributed by atoms with Gasteiger partial charge in [-0.3, -0.25) is 9.59 Å². The van der Waals surface area contributed by atoms with E-state index in [9.17, 15) is 9.59 Å². The number of hydrogen-bond donors (Lipinski definition) is 0. The van der Waals surface area contributed by atoms with Crippen molar-refractivity contribution < 1.29 is 9.59 Å². The van der Waals surface area contributed by atoms with Crippen LogP contribution in [-0.2, 0) is 28.9 Å². The number of hydrogen-bond acceptors (Lipinski definition) is 6. The molecular weight excluding hydrogens is 418 g/mol. The van der Waals surface area contributed by atoms with E-state index in [0.717, 1.165) is 30.5 Å². The van der Waals surface area contributed by atoms with E-state index in [2.05, 4.69) is 21.6 Å². The monoisotopic (exact) mass is 441 g/mol. The first-order chi connectivity index (χ1) is 16.1. The van der Waals surface area contributed by atoms with Crippen LogP contribution in [-0.4, -0.2) is 67.5 Å². The van der Waals surface area contributed by atoms with Crippen molar-refractivity contribution in [2.75, 3.05) is 19.6 Å². The zero-order chi connectivity index (χ0) is 22.8. The largest absolute Gasteiger partial charge is 0.336 e. The minimum absolute atomic E-state index is 0.00530. The highest BCUT2D eigenvalue weighted by molar-refractivity contribution is 5.87. The molecule has 1 unspecified atom stereocenters. The zero-order valence-corrected chi connectivity index (χ0v) is 18.1. The average molecular weight is 441 g/mol. The Balaban J connectivity index is 1.18. The van der Waals surface area contributed by atoms with Gasteiger partial charge in [0.1, 0.15) is 6.33 Å². The summed E-state index contributed by atoms with van der Waals surface area (Å²) in [7, 11) is 0. The van der Waals surface area contributed by atoms with Crippen molar-refractivity contribution in [2.45, 2.75) is 31.7 Å². The second-order valence-electron chi connectivity index (χ2n) is 8.49. The molecule has 1 fully saturated rings. The third kappa shape index (κ3) is 4.32. The molecule has 1 aliphatic heterocycles. The van der Waals surface area contributed by atoms with Gasteiger partial charge in [-0.15, -0.1) is 5.10 Å². The summed E-state index contributed by atoms with van der Waals surface area (Å²) < 4.78 is 1.55. The zero-order valence-electron chi connectivity index (χ0n) is 18.1. The van der Waals surface area contributed by atoms with Crippen LogP contribution in [0.3, 0.4) is 0 Å². The Morgan fingerprint density at radius 2 is 1.97 bits per heavy atom. The molecule has 0 N–H and O–H groups in total. The van der Waals surface area contributed by atoms with Crippen LogP contribution in [0.4, 0.5) is 0 Å². The number of carbonyl (C=O) groups is 2. The van der Waals surface area contributed by atoms with E-state index in [1.807, 2.05) is 47.4 Å². The lowest BCUT2D eigenvalue weighted by molar-refractivity contribution is -0.147. The topological polar surface area (TPSA) is 108 Å². The van der Waals surface area contributed by atoms with E-state index in [0.29, 0.717) is 18.7 Å². The van der Waals surface area contributed by atoms with Gasteiger partial charge in [0.05, 0.1) is 30.3 Å². The summed E-state index contributed by atoms with van der Waals surface area (Å²) in [5, 5.41) is 20.2. The number of fused-ring (bicyclic) bond motifs is 1. The van der Waals surface area contributed by atoms with Crippen LogP contribution in [0.25, 0.3) is 5.69 Å². The normalized spacial score (nSPS) is 18.0. The Morgan fingerprint density at radius 3 is 2.70 bits per heavy atom. The molecule has 0 saturated carbocycles. The fourth-order valence-electron chi connectivity index (χ4n) is 4.69. The molecule has 5 rings (SSSR count). The highest BCUT2D eigenvalue weighted by Gasteiger charge is 2.33. The van der Waals surface area contributed by atoms with E-state index in [1.165, 1.54) is 17.5 Å². The minimum Gasteiger partial charge on any atom is -0.336 e. The van der Waals surface area contributed by atoms with Crippen molar-refractivity contribution >= 4 is 11.8 Å². The van der Waals surface area contributed by atoms with Gasteiger partial charge in [-0.1, -0.05) is 18.2 Å². The fourth-order valence-corrected chi connectivity index (χ4v) is 4.69. The van der Waals surface area contributed by atoms with Crippen molar-refractivity contribution in [2.24, 2.45) is 0 Å². The Hall–Kier alpha value is -4.06. The van der Waals surface area contributed by atoms with Gasteiger partial charge in [0.2, 0.25) is 11.8 Å². The lowest BCUT2D eigenvalue weighted by atomic mass is 9.86. The highest BCUT2D eigenvalue weighted by Crippen LogP contribution is 2.26. The van der Waals surface area contributed by atoms with E-state index >= 15 is 0 Å². The molecule has 2 aliphatic rings. The number of aryl methyl sites for hydroxylation is 1. The smallest absolute Gasteiger partial charge is 0.242 e. The van der Waals surface area contributed by atoms with Crippen LogP contribution >= 0.6 is 0 Å². The van der Waals surface area contributed by atoms with Gasteiger partial charge < -0.3 is 9.80 Å². The van der Waals surface area contributed by atoms with Gasteiger partial charge in [-0.05, 0) is 70.6 Å². The molecular formula is C24H23N7O2. The molecule has 2 aromatic carbocycles. The number of tetrazole rings is 1. The van der Waals surface area contributed by atoms with Crippen LogP contribution < -0.4 is 0 Å². The first-order valence-corrected chi connectivity index (χ1v) is 11.0. The number of benzene rings is 2. The maximum atomic E-state index is 12.9. The highest BCUT2D eigenvalue weighted by atomic mass is 16.2. The standard InChI is InChI=1S/C24H23N7O2/c25-14-18-1-4-20-13-22(8-5-19(20)11-18)30-10-9-29(15-24(30)33)23(32)12-17-2-6-21(7-3-17)31-16-26-27-28-31/h1-4,6-7,11,16,22H,5,8-10,12-13,15H2. The number of aromatic nitrogens is 4. The summed E-state index contributed by atoms with van der Waals surface area (Å²) in [6, 6.07) is 15.6. The SMILES string of the molecule is N#Cc1ccc2c(c1)CCC(N1CCN(C(=O)Cc3ccc(-n4cnnn4)cc3)CC1=O)C2. The van der Waals surface area contributed by atoms with Crippen molar-refractivity contribution in [3.8, 4) is 11.8 Å². The van der Waals surface area contributed by atoms with E-state index < -0.39 is 0 Å². The molecule has 0 spiro atoms. The molecule has 2 amide bonds. The molecule has 3 aromatic rings. The number of nitriles is 1. The molecule has 9 nitrogen and oxygen atoms in total. The van der Waals surface area contributed by atoms with E-state index in [4.69, 9.17) is 5.26 Å². The number of piperazine rings is 1. The first kappa shape index (κ1) is 20.8. The van der Waals surface area contributed by atoms with Gasteiger partial charge in [-0.25, -0.2) is 4.68 Å². The van der Waals surface area contributed by atoms with Crippen LogP contribution in [0.1, 0.15) is 28.7 Å². The maximum Gasteiger partial charge on any atom is 0.242 e. The van der Waals surface area contributed by atoms with Gasteiger partial charge in [-0.2, -0.15) is 5.26 Å². The van der Waals surface area contributed by atoms with Crippen LogP contribution in [0, 0.1) is 11.3 Å². The van der Waals surface area contributed by atoms with E-state index in [-0.39, 0.29) is 30.8 Å². The van der Waals surface area contributed by atoms with Crippen LogP contribution in [0.2, 0.25) is 0 Å². The second-order valence-corrected chi connectivity index (χ2v) is 8.49. The molecule has 9 heteroatoms. The van der Waals surface area contributed by atoms with Crippen LogP contribution in [0.15, 0.2) is 48.8 Å². The third-order valence-corrected chi connectivity index (χ3v) is 6.49. The summed E-state index contributed by atoms with van der Waals surface area (Å²) >= 11 is 0. The van der Waals surface area contributed by atoms with E-state index in [1.54, 1.807) is 9.58 Å². The third-order valence-electron chi connectivity index (χ3n) is 6.49. The number of carbonyl (C=O) groups excluding carboxylic acids is 2. The quantitative estimate of drug-likeness (QED) is 0.604. The predicted molar refractivity (Wildman–Crippen MR) is 118 cm³/mol. The molecule has 2 heterocycles. The fraction of sp³-hybridized carbons (Fsp3) is 0.333. The Labute approximate surface area is 191 Å². The Kier molecular flexibility index (Phi) is 5.57. The summed E-state index contributed by atoms with van der Waals surface area (Å²) in [5.74, 6) is -0.0399. The number of amides is 2. The summed E-state index contributed by atoms with van der Waals surface area (Å²) in [6.07, 6.45) is 4.31. The van der Waals surface area contributed by atoms with Gasteiger partial charge >= 0.3 is 0 Å². The molecule has 1 aliphatic carbocycles. The average Bonchev–Trinajstić information content (AvgIpc) is 3.39.